The van der Waals surface area contributed by atoms with E-state index in [2.05, 4.69) is 9.72 Å². The van der Waals surface area contributed by atoms with Crippen LogP contribution in [0.5, 0.6) is 5.75 Å². The Morgan fingerprint density at radius 1 is 1.50 bits per heavy atom. The van der Waals surface area contributed by atoms with Crippen LogP contribution in [0.4, 0.5) is 8.78 Å². The van der Waals surface area contributed by atoms with Gasteiger partial charge in [0.15, 0.2) is 0 Å². The molecule has 84 valence electrons. The van der Waals surface area contributed by atoms with E-state index in [0.717, 1.165) is 11.3 Å². The van der Waals surface area contributed by atoms with Crippen LogP contribution in [0.1, 0.15) is 9.80 Å². The number of carboxylic acids is 1. The van der Waals surface area contributed by atoms with E-state index < -0.39 is 12.6 Å². The molecule has 0 fully saturated rings. The zero-order chi connectivity index (χ0) is 11.7. The molecule has 2 aromatic rings. The van der Waals surface area contributed by atoms with Crippen molar-refractivity contribution in [3.63, 3.8) is 0 Å². The Bertz CT molecular complexity index is 541. The van der Waals surface area contributed by atoms with Gasteiger partial charge in [0.25, 0.3) is 0 Å². The van der Waals surface area contributed by atoms with Crippen molar-refractivity contribution in [2.45, 2.75) is 6.61 Å². The minimum Gasteiger partial charge on any atom is -0.476 e. The van der Waals surface area contributed by atoms with Gasteiger partial charge < -0.3 is 9.84 Å². The first-order valence-corrected chi connectivity index (χ1v) is 4.96. The molecule has 4 nitrogen and oxygen atoms in total. The lowest BCUT2D eigenvalue weighted by Crippen LogP contribution is -2.01. The smallest absolute Gasteiger partial charge is 0.387 e. The molecule has 0 radical (unpaired) electrons. The van der Waals surface area contributed by atoms with Gasteiger partial charge in [-0.2, -0.15) is 8.78 Å². The van der Waals surface area contributed by atoms with Gasteiger partial charge in [-0.05, 0) is 18.2 Å². The normalized spacial score (nSPS) is 10.9. The lowest BCUT2D eigenvalue weighted by Gasteiger charge is -2.02. The molecule has 0 bridgehead atoms. The predicted octanol–water partition coefficient (Wildman–Crippen LogP) is 2.60. The summed E-state index contributed by atoms with van der Waals surface area (Å²) in [6.45, 7) is -2.90. The molecule has 1 aromatic carbocycles. The Hall–Kier alpha value is -1.76. The Morgan fingerprint density at radius 2 is 2.25 bits per heavy atom. The van der Waals surface area contributed by atoms with Crippen molar-refractivity contribution in [3.8, 4) is 5.75 Å². The van der Waals surface area contributed by atoms with Crippen LogP contribution >= 0.6 is 11.3 Å². The molecule has 0 aliphatic rings. The summed E-state index contributed by atoms with van der Waals surface area (Å²) < 4.78 is 28.5. The maximum atomic E-state index is 11.9. The number of halogens is 2. The highest BCUT2D eigenvalue weighted by Crippen LogP contribution is 2.27. The number of nitrogens with zero attached hydrogens (tertiary/aromatic N) is 1. The first-order valence-electron chi connectivity index (χ1n) is 4.15. The average molecular weight is 245 g/mol. The van der Waals surface area contributed by atoms with Gasteiger partial charge in [0.05, 0.1) is 10.2 Å². The number of alkyl halides is 2. The highest BCUT2D eigenvalue weighted by molar-refractivity contribution is 7.20. The molecule has 0 aliphatic carbocycles. The summed E-state index contributed by atoms with van der Waals surface area (Å²) in [6, 6.07) is 4.10. The molecule has 0 saturated carbocycles. The van der Waals surface area contributed by atoms with Crippen LogP contribution in [0.2, 0.25) is 0 Å². The average Bonchev–Trinajstić information content (AvgIpc) is 2.59. The number of rotatable bonds is 3. The predicted molar refractivity (Wildman–Crippen MR) is 53.2 cm³/mol. The summed E-state index contributed by atoms with van der Waals surface area (Å²) in [5.74, 6) is -1.15. The number of fused-ring (bicyclic) bond motifs is 1. The number of aromatic nitrogens is 1. The summed E-state index contributed by atoms with van der Waals surface area (Å²) in [5, 5.41) is 8.62. The molecule has 0 unspecified atom stereocenters. The maximum absolute atomic E-state index is 11.9. The topological polar surface area (TPSA) is 59.4 Å². The molecule has 0 atom stereocenters. The monoisotopic (exact) mass is 245 g/mol. The van der Waals surface area contributed by atoms with E-state index in [-0.39, 0.29) is 10.8 Å². The number of carboxylic acid groups (broad SMARTS) is 1. The van der Waals surface area contributed by atoms with E-state index in [1.165, 1.54) is 18.2 Å². The van der Waals surface area contributed by atoms with Crippen LogP contribution in [0.15, 0.2) is 18.2 Å². The second kappa shape index (κ2) is 4.01. The number of benzene rings is 1. The second-order valence-electron chi connectivity index (χ2n) is 2.83. The fourth-order valence-corrected chi connectivity index (χ4v) is 2.01. The molecule has 2 rings (SSSR count). The maximum Gasteiger partial charge on any atom is 0.387 e. The molecule has 0 amide bonds. The first-order chi connectivity index (χ1) is 7.56. The fraction of sp³-hybridized carbons (Fsp3) is 0.111. The molecule has 0 spiro atoms. The van der Waals surface area contributed by atoms with Crippen molar-refractivity contribution in [2.75, 3.05) is 0 Å². The van der Waals surface area contributed by atoms with E-state index in [9.17, 15) is 13.6 Å². The Labute approximate surface area is 92.1 Å². The van der Waals surface area contributed by atoms with Crippen LogP contribution in [0, 0.1) is 0 Å². The van der Waals surface area contributed by atoms with Crippen molar-refractivity contribution in [1.82, 2.24) is 4.98 Å². The number of hydrogen-bond acceptors (Lipinski definition) is 4. The van der Waals surface area contributed by atoms with Crippen molar-refractivity contribution >= 4 is 27.5 Å². The van der Waals surface area contributed by atoms with Crippen LogP contribution < -0.4 is 4.74 Å². The van der Waals surface area contributed by atoms with E-state index in [1.807, 2.05) is 0 Å². The Morgan fingerprint density at radius 3 is 2.88 bits per heavy atom. The minimum absolute atomic E-state index is 0.0110. The standard InChI is InChI=1S/C9H5F2NO3S/c10-9(11)15-4-1-2-5-6(3-4)16-7(12-5)8(13)14/h1-3,9H,(H,13,14). The van der Waals surface area contributed by atoms with Gasteiger partial charge in [-0.15, -0.1) is 11.3 Å². The van der Waals surface area contributed by atoms with Crippen LogP contribution in [-0.4, -0.2) is 22.7 Å². The largest absolute Gasteiger partial charge is 0.476 e. The molecular weight excluding hydrogens is 240 g/mol. The van der Waals surface area contributed by atoms with Gasteiger partial charge in [0.1, 0.15) is 5.75 Å². The third kappa shape index (κ3) is 2.08. The molecule has 0 saturated heterocycles. The van der Waals surface area contributed by atoms with Crippen LogP contribution in [0.25, 0.3) is 10.2 Å². The van der Waals surface area contributed by atoms with Gasteiger partial charge in [0, 0.05) is 0 Å². The van der Waals surface area contributed by atoms with Gasteiger partial charge in [0.2, 0.25) is 5.01 Å². The molecule has 0 aliphatic heterocycles. The fourth-order valence-electron chi connectivity index (χ4n) is 1.17. The van der Waals surface area contributed by atoms with Gasteiger partial charge >= 0.3 is 12.6 Å². The van der Waals surface area contributed by atoms with Gasteiger partial charge in [-0.1, -0.05) is 0 Å². The number of ether oxygens (including phenoxy) is 1. The number of aromatic carboxylic acids is 1. The second-order valence-corrected chi connectivity index (χ2v) is 3.86. The number of carbonyl (C=O) groups is 1. The first kappa shape index (κ1) is 10.7. The van der Waals surface area contributed by atoms with Crippen LogP contribution in [0.3, 0.4) is 0 Å². The van der Waals surface area contributed by atoms with E-state index >= 15 is 0 Å². The molecule has 1 N–H and O–H groups in total. The zero-order valence-corrected chi connectivity index (χ0v) is 8.50. The van der Waals surface area contributed by atoms with Crippen molar-refractivity contribution in [2.24, 2.45) is 0 Å². The lowest BCUT2D eigenvalue weighted by molar-refractivity contribution is -0.0497. The molecule has 1 heterocycles. The molecule has 16 heavy (non-hydrogen) atoms. The van der Waals surface area contributed by atoms with Crippen molar-refractivity contribution < 1.29 is 23.4 Å². The minimum atomic E-state index is -2.90. The number of hydrogen-bond donors (Lipinski definition) is 1. The van der Waals surface area contributed by atoms with Crippen molar-refractivity contribution in [1.29, 1.82) is 0 Å². The Kier molecular flexibility index (Phi) is 2.69. The van der Waals surface area contributed by atoms with E-state index in [0.29, 0.717) is 10.2 Å². The van der Waals surface area contributed by atoms with Crippen molar-refractivity contribution in [3.05, 3.63) is 23.2 Å². The SMILES string of the molecule is O=C(O)c1nc2ccc(OC(F)F)cc2s1. The van der Waals surface area contributed by atoms with Crippen LogP contribution in [-0.2, 0) is 0 Å². The highest BCUT2D eigenvalue weighted by atomic mass is 32.1. The Balaban J connectivity index is 2.41. The summed E-state index contributed by atoms with van der Waals surface area (Å²) in [4.78, 5) is 14.4. The lowest BCUT2D eigenvalue weighted by atomic mass is 10.3. The zero-order valence-electron chi connectivity index (χ0n) is 7.68. The molecular formula is C9H5F2NO3S. The third-order valence-electron chi connectivity index (χ3n) is 1.77. The summed E-state index contributed by atoms with van der Waals surface area (Å²) in [7, 11) is 0. The summed E-state index contributed by atoms with van der Waals surface area (Å²) in [5.41, 5.74) is 0.448. The summed E-state index contributed by atoms with van der Waals surface area (Å²) >= 11 is 0.911. The van der Waals surface area contributed by atoms with Gasteiger partial charge in [-0.3, -0.25) is 0 Å². The summed E-state index contributed by atoms with van der Waals surface area (Å²) in [6.07, 6.45) is 0. The third-order valence-corrected chi connectivity index (χ3v) is 2.77. The number of thiazole rings is 1. The van der Waals surface area contributed by atoms with E-state index in [1.54, 1.807) is 0 Å². The van der Waals surface area contributed by atoms with Gasteiger partial charge in [-0.25, -0.2) is 9.78 Å². The quantitative estimate of drug-likeness (QED) is 0.902. The molecule has 1 aromatic heterocycles. The van der Waals surface area contributed by atoms with E-state index in [4.69, 9.17) is 5.11 Å². The highest BCUT2D eigenvalue weighted by Gasteiger charge is 2.12. The molecule has 7 heteroatoms.